The molecule has 25 nitrogen and oxygen atoms in total. The number of aldehydes is 1. The molecular weight excluding hydrogens is 1950 g/mol. The number of carbonyl (C=O) groups is 7. The van der Waals surface area contributed by atoms with Crippen molar-refractivity contribution < 1.29 is 115 Å². The Morgan fingerprint density at radius 1 is 0.492 bits per heavy atom. The molecule has 3 N–H and O–H groups in total. The van der Waals surface area contributed by atoms with E-state index < -0.39 is 128 Å². The van der Waals surface area contributed by atoms with Crippen molar-refractivity contribution in [3.8, 4) is 28.7 Å². The molecule has 0 fully saturated rings. The number of nitrogens with zero attached hydrogens (tertiary/aromatic N) is 8. The molecule has 5 aromatic heterocycles. The van der Waals surface area contributed by atoms with Gasteiger partial charge in [-0.2, -0.15) is 0 Å². The molecule has 11 rings (SSSR count). The summed E-state index contributed by atoms with van der Waals surface area (Å²) in [6.07, 6.45) is 7.56. The van der Waals surface area contributed by atoms with Gasteiger partial charge in [0.1, 0.15) is 67.0 Å². The molecule has 0 saturated heterocycles. The number of pyridine rings is 5. The van der Waals surface area contributed by atoms with Gasteiger partial charge in [0.25, 0.3) is 0 Å². The summed E-state index contributed by atoms with van der Waals surface area (Å²) in [4.78, 5) is 105. The van der Waals surface area contributed by atoms with Gasteiger partial charge >= 0.3 is 17.9 Å². The number of esters is 3. The number of aromatic nitrogens is 5. The Morgan fingerprint density at radius 3 is 1.39 bits per heavy atom. The average Bonchev–Trinajstić information content (AvgIpc) is 0.748. The van der Waals surface area contributed by atoms with Crippen molar-refractivity contribution in [3.63, 3.8) is 0 Å². The first kappa shape index (κ1) is 110. The number of benzene rings is 5. The van der Waals surface area contributed by atoms with Crippen LogP contribution in [0.4, 0.5) is 72.3 Å². The number of fused-ring (bicyclic) bond motifs is 1. The fourth-order valence-electron chi connectivity index (χ4n) is 10.9. The van der Waals surface area contributed by atoms with Crippen LogP contribution < -0.4 is 44.5 Å². The van der Waals surface area contributed by atoms with E-state index in [0.717, 1.165) is 9.80 Å². The topological polar surface area (TPSA) is 315 Å². The van der Waals surface area contributed by atoms with Crippen LogP contribution in [0.5, 0.6) is 28.7 Å². The molecule has 0 spiro atoms. The number of nitrogens with one attached hydrogen (secondary N) is 1. The molecule has 6 heterocycles. The fourth-order valence-corrected chi connectivity index (χ4v) is 12.8. The predicted molar refractivity (Wildman–Crippen MR) is 474 cm³/mol. The number of carbonyl (C=O) groups excluding carboxylic acids is 7. The predicted octanol–water partition coefficient (Wildman–Crippen LogP) is 22.1. The molecule has 2 amide bonds. The number of methoxy groups -OCH3 is 5. The van der Waals surface area contributed by atoms with Gasteiger partial charge < -0.3 is 58.7 Å². The van der Waals surface area contributed by atoms with Gasteiger partial charge in [-0.3, -0.25) is 33.6 Å². The lowest BCUT2D eigenvalue weighted by atomic mass is 9.89. The molecule has 0 radical (unpaired) electrons. The van der Waals surface area contributed by atoms with Crippen molar-refractivity contribution >= 4 is 192 Å². The van der Waals surface area contributed by atoms with E-state index in [1.54, 1.807) is 20.8 Å². The number of rotatable bonds is 23. The van der Waals surface area contributed by atoms with E-state index in [4.69, 9.17) is 150 Å². The molecule has 1 atom stereocenters. The molecule has 0 aliphatic carbocycles. The third kappa shape index (κ3) is 30.0. The van der Waals surface area contributed by atoms with Crippen LogP contribution in [0.25, 0.3) is 0 Å². The molecule has 45 heteroatoms. The van der Waals surface area contributed by atoms with E-state index in [2.05, 4.69) is 44.7 Å². The van der Waals surface area contributed by atoms with Crippen LogP contribution in [-0.2, 0) is 62.6 Å². The van der Waals surface area contributed by atoms with Crippen LogP contribution in [0.3, 0.4) is 0 Å². The van der Waals surface area contributed by atoms with Crippen molar-refractivity contribution in [1.82, 2.24) is 24.9 Å². The van der Waals surface area contributed by atoms with E-state index in [-0.39, 0.29) is 150 Å². The molecule has 130 heavy (non-hydrogen) atoms. The quantitative estimate of drug-likeness (QED) is 0.00691. The van der Waals surface area contributed by atoms with Gasteiger partial charge in [-0.05, 0) is 167 Å². The van der Waals surface area contributed by atoms with Crippen LogP contribution in [0, 0.1) is 92.8 Å². The Morgan fingerprint density at radius 2 is 0.908 bits per heavy atom. The summed E-state index contributed by atoms with van der Waals surface area (Å²) in [7, 11) is 6.36. The number of hydrogen-bond acceptors (Lipinski definition) is 23. The summed E-state index contributed by atoms with van der Waals surface area (Å²) < 4.78 is 180. The van der Waals surface area contributed by atoms with Crippen LogP contribution in [0.1, 0.15) is 106 Å². The highest BCUT2D eigenvalue weighted by atomic mass is 35.5. The molecule has 0 saturated carbocycles. The fraction of sp³-hybridized carbons (Fsp3) is 0.259. The van der Waals surface area contributed by atoms with Gasteiger partial charge in [0, 0.05) is 60.4 Å². The number of ether oxygens (including phenoxy) is 8. The van der Waals surface area contributed by atoms with Crippen LogP contribution in [0.15, 0.2) is 96.6 Å². The summed E-state index contributed by atoms with van der Waals surface area (Å²) in [5.41, 5.74) is 5.90. The molecule has 1 aliphatic heterocycles. The first-order valence-electron chi connectivity index (χ1n) is 37.1. The molecule has 5 aromatic carbocycles. The van der Waals surface area contributed by atoms with Gasteiger partial charge in [0.15, 0.2) is 99.1 Å². The SMILES string of the molecule is CCOC(=O)C1C(=O)N(c2c(F)c(C)cc(OC)c2F)Cc2cnc(Cl)cc21.CCOC(=O)CC(=O)Cl.CCOC(=O)CC(=O)N(Cc1cnc(Cl)cc1Cl)c1c(F)c(C)cc(OC)c1F.COc1cc(C)c(F)c(N)c1F.COc1cc(C)c(F)c(N=Cc2cnc(Cl)cc2Cl)c1F.COc1cc(C)c(F)c(NCc2cnc(Cl)cc2Cl)c1F.O=Cc1cnc(Cl)cc1Cl. The van der Waals surface area contributed by atoms with E-state index in [0.29, 0.717) is 44.1 Å². The Labute approximate surface area is 787 Å². The number of anilines is 4. The summed E-state index contributed by atoms with van der Waals surface area (Å²) in [5, 5.41) is 4.04. The van der Waals surface area contributed by atoms with Gasteiger partial charge in [0.05, 0.1) is 94.1 Å². The molecule has 1 aliphatic rings. The minimum Gasteiger partial charge on any atom is -0.494 e. The maximum absolute atomic E-state index is 14.9. The van der Waals surface area contributed by atoms with Crippen LogP contribution >= 0.6 is 116 Å². The Bertz CT molecular complexity index is 5850. The normalized spacial score (nSPS) is 11.6. The lowest BCUT2D eigenvalue weighted by molar-refractivity contribution is -0.149. The largest absolute Gasteiger partial charge is 0.494 e. The zero-order valence-corrected chi connectivity index (χ0v) is 77.9. The summed E-state index contributed by atoms with van der Waals surface area (Å²) in [6, 6.07) is 13.2. The van der Waals surface area contributed by atoms with Gasteiger partial charge in [-0.25, -0.2) is 73.8 Å². The van der Waals surface area contributed by atoms with E-state index in [1.165, 1.54) is 168 Å². The molecule has 1 unspecified atom stereocenters. The second-order valence-electron chi connectivity index (χ2n) is 26.1. The van der Waals surface area contributed by atoms with Crippen LogP contribution in [0.2, 0.25) is 45.9 Å². The number of aryl methyl sites for hydroxylation is 5. The second-order valence-corrected chi connectivity index (χ2v) is 30.0. The van der Waals surface area contributed by atoms with Crippen molar-refractivity contribution in [2.45, 2.75) is 93.8 Å². The zero-order chi connectivity index (χ0) is 97.6. The first-order chi connectivity index (χ1) is 61.3. The molecule has 0 bridgehead atoms. The van der Waals surface area contributed by atoms with Crippen molar-refractivity contribution in [2.24, 2.45) is 4.99 Å². The number of amides is 2. The van der Waals surface area contributed by atoms with Crippen molar-refractivity contribution in [1.29, 1.82) is 0 Å². The number of nitrogens with two attached hydrogens (primary N) is 1. The minimum atomic E-state index is -1.41. The zero-order valence-electron chi connectivity index (χ0n) is 70.4. The van der Waals surface area contributed by atoms with Gasteiger partial charge in [-0.1, -0.05) is 104 Å². The third-order valence-electron chi connectivity index (χ3n) is 17.2. The summed E-state index contributed by atoms with van der Waals surface area (Å²) in [6.45, 7) is 12.1. The highest BCUT2D eigenvalue weighted by Crippen LogP contribution is 2.42. The summed E-state index contributed by atoms with van der Waals surface area (Å²) >= 11 is 57.0. The number of aliphatic imine (C=N–C) groups is 1. The molecular formula is C85H76Cl10F10N10O15. The lowest BCUT2D eigenvalue weighted by Crippen LogP contribution is -2.44. The third-order valence-corrected chi connectivity index (χ3v) is 19.8. The average molecular weight is 2020 g/mol. The highest BCUT2D eigenvalue weighted by molar-refractivity contribution is 6.64. The monoisotopic (exact) mass is 2020 g/mol. The van der Waals surface area contributed by atoms with Crippen molar-refractivity contribution in [2.75, 3.05) is 76.2 Å². The minimum absolute atomic E-state index is 0.0308. The molecule has 696 valence electrons. The van der Waals surface area contributed by atoms with E-state index >= 15 is 0 Å². The number of nitrogen functional groups attached to an aromatic ring is 1. The Hall–Kier alpha value is -11.0. The molecule has 10 aromatic rings. The van der Waals surface area contributed by atoms with E-state index in [1.807, 2.05) is 0 Å². The highest BCUT2D eigenvalue weighted by Gasteiger charge is 2.43. The smallest absolute Gasteiger partial charge is 0.323 e. The number of halogens is 20. The lowest BCUT2D eigenvalue weighted by Gasteiger charge is -2.33. The van der Waals surface area contributed by atoms with Gasteiger partial charge in [0.2, 0.25) is 17.1 Å². The first-order valence-corrected chi connectivity index (χ1v) is 40.9. The summed E-state index contributed by atoms with van der Waals surface area (Å²) in [5.74, 6) is -14.7. The standard InChI is InChI=1S/C19H18Cl2F2N2O4.C19H17ClF2N2O4.C14H12Cl2F2N2O.C14H10Cl2F2N2O.C8H9F2NO.C6H3Cl2NO.C5H7ClO3/c1-4-29-16(27)7-15(26)25(9-11-8-24-14(21)6-12(11)20)19-17(22)10(2)5-13(28-3)18(19)23;1-4-28-19(26)14-11-6-13(20)23-7-10(11)8-24(18(14)25)17-15(21)9(2)5-12(27-3)16(17)22;2*1-7-3-10(21-2)13(18)14(12(7)17)20-6-8-5-19-11(16)4-9(8)15;1-4-3-5(12-2)7(10)8(11)6(4)9;7-5-1-6(8)9-2-4(5)3-10;1-2-9-5(8)3-4(6)7/h5-6,8H,4,7,9H2,1-3H3;5-7,14H,4,8H2,1-3H3;3-5,20H,6H2,1-2H3;3-6H,1-2H3;3H,11H2,1-2H3;1-3H;2-3H2,1H3. The van der Waals surface area contributed by atoms with E-state index in [9.17, 15) is 77.5 Å². The maximum Gasteiger partial charge on any atom is 0.323 e. The Kier molecular flexibility index (Phi) is 43.9. The van der Waals surface area contributed by atoms with Crippen molar-refractivity contribution in [3.05, 3.63) is 257 Å². The van der Waals surface area contributed by atoms with Gasteiger partial charge in [-0.15, -0.1) is 0 Å². The number of hydrogen-bond donors (Lipinski definition) is 2. The van der Waals surface area contributed by atoms with Crippen LogP contribution in [-0.4, -0.2) is 128 Å². The maximum atomic E-state index is 14.9. The Balaban J connectivity index is 0.000000278. The second kappa shape index (κ2) is 52.2.